The Hall–Kier alpha value is -2.96. The van der Waals surface area contributed by atoms with Crippen molar-refractivity contribution in [2.45, 2.75) is 6.92 Å². The zero-order valence-electron chi connectivity index (χ0n) is 12.9. The molecule has 23 heavy (non-hydrogen) atoms. The quantitative estimate of drug-likeness (QED) is 0.752. The number of carbonyl (C=O) groups is 1. The molecule has 0 bridgehead atoms. The molecule has 0 radical (unpaired) electrons. The van der Waals surface area contributed by atoms with Crippen LogP contribution in [0.2, 0.25) is 0 Å². The van der Waals surface area contributed by atoms with E-state index in [1.807, 2.05) is 18.5 Å². The van der Waals surface area contributed by atoms with Crippen molar-refractivity contribution in [3.05, 3.63) is 35.9 Å². The van der Waals surface area contributed by atoms with E-state index in [-0.39, 0.29) is 0 Å². The third-order valence-electron chi connectivity index (χ3n) is 3.81. The number of aromatic nitrogens is 3. The molecule has 0 spiro atoms. The van der Waals surface area contributed by atoms with E-state index in [0.717, 1.165) is 28.4 Å². The number of halogens is 1. The highest BCUT2D eigenvalue weighted by Crippen LogP contribution is 2.36. The lowest BCUT2D eigenvalue weighted by atomic mass is 10.1. The number of nitrogens with zero attached hydrogens (tertiary/aromatic N) is 3. The Balaban J connectivity index is 2.30. The van der Waals surface area contributed by atoms with Gasteiger partial charge in [0.05, 0.1) is 30.1 Å². The van der Waals surface area contributed by atoms with Crippen LogP contribution in [-0.2, 0) is 11.8 Å². The highest BCUT2D eigenvalue weighted by atomic mass is 19.1. The van der Waals surface area contributed by atoms with Crippen LogP contribution in [0.4, 0.5) is 10.2 Å². The van der Waals surface area contributed by atoms with E-state index < -0.39 is 5.82 Å². The first-order chi connectivity index (χ1) is 11.1. The van der Waals surface area contributed by atoms with E-state index in [9.17, 15) is 9.18 Å². The summed E-state index contributed by atoms with van der Waals surface area (Å²) in [7, 11) is 3.36. The van der Waals surface area contributed by atoms with Gasteiger partial charge in [0.15, 0.2) is 0 Å². The van der Waals surface area contributed by atoms with Gasteiger partial charge in [-0.05, 0) is 18.6 Å². The minimum atomic E-state index is -0.438. The first-order valence-electron chi connectivity index (χ1n) is 6.92. The van der Waals surface area contributed by atoms with Crippen molar-refractivity contribution in [1.29, 1.82) is 0 Å². The molecule has 3 aromatic rings. The van der Waals surface area contributed by atoms with Crippen LogP contribution in [0.5, 0.6) is 5.88 Å². The second-order valence-electron chi connectivity index (χ2n) is 5.09. The van der Waals surface area contributed by atoms with Crippen LogP contribution in [0.25, 0.3) is 22.2 Å². The average Bonchev–Trinajstić information content (AvgIpc) is 2.79. The van der Waals surface area contributed by atoms with E-state index in [1.54, 1.807) is 12.3 Å². The number of fused-ring (bicyclic) bond motifs is 1. The van der Waals surface area contributed by atoms with Gasteiger partial charge in [0, 0.05) is 24.7 Å². The van der Waals surface area contributed by atoms with E-state index in [1.165, 1.54) is 13.2 Å². The number of aryl methyl sites for hydroxylation is 2. The van der Waals surface area contributed by atoms with E-state index in [2.05, 4.69) is 15.3 Å². The molecule has 1 amide bonds. The number of ether oxygens (including phenoxy) is 1. The molecule has 6 nitrogen and oxygen atoms in total. The van der Waals surface area contributed by atoms with Crippen molar-refractivity contribution >= 4 is 23.1 Å². The summed E-state index contributed by atoms with van der Waals surface area (Å²) in [6, 6.07) is 3.16. The number of carbonyl (C=O) groups excluding carboxylic acids is 1. The third kappa shape index (κ3) is 2.40. The number of pyridine rings is 2. The molecule has 0 atom stereocenters. The maximum atomic E-state index is 13.7. The van der Waals surface area contributed by atoms with Crippen LogP contribution in [0.15, 0.2) is 24.5 Å². The topological polar surface area (TPSA) is 69.0 Å². The SMILES string of the molecule is COc1ncc(F)cc1-c1c(C)c2cnc(NC=O)cc2n1C. The Morgan fingerprint density at radius 1 is 1.30 bits per heavy atom. The molecule has 3 rings (SSSR count). The van der Waals surface area contributed by atoms with Gasteiger partial charge >= 0.3 is 0 Å². The Morgan fingerprint density at radius 2 is 2.09 bits per heavy atom. The van der Waals surface area contributed by atoms with Gasteiger partial charge < -0.3 is 14.6 Å². The Morgan fingerprint density at radius 3 is 2.78 bits per heavy atom. The molecule has 0 aliphatic rings. The van der Waals surface area contributed by atoms with Gasteiger partial charge in [-0.1, -0.05) is 0 Å². The fraction of sp³-hybridized carbons (Fsp3) is 0.188. The number of rotatable bonds is 4. The fourth-order valence-corrected chi connectivity index (χ4v) is 2.79. The molecular formula is C16H15FN4O2. The van der Waals surface area contributed by atoms with Crippen molar-refractivity contribution in [2.24, 2.45) is 7.05 Å². The minimum Gasteiger partial charge on any atom is -0.481 e. The summed E-state index contributed by atoms with van der Waals surface area (Å²) in [4.78, 5) is 18.8. The summed E-state index contributed by atoms with van der Waals surface area (Å²) in [5, 5.41) is 3.43. The molecular weight excluding hydrogens is 299 g/mol. The standard InChI is InChI=1S/C16H15FN4O2/c1-9-12-7-18-14(20-8-22)5-13(12)21(2)15(9)11-4-10(17)6-19-16(11)23-3/h4-8H,1-3H3,(H,18,20,22). The molecule has 0 fully saturated rings. The van der Waals surface area contributed by atoms with Crippen LogP contribution in [0.1, 0.15) is 5.56 Å². The van der Waals surface area contributed by atoms with E-state index >= 15 is 0 Å². The number of nitrogens with one attached hydrogen (secondary N) is 1. The molecule has 0 aromatic carbocycles. The van der Waals surface area contributed by atoms with Crippen LogP contribution in [-0.4, -0.2) is 28.1 Å². The zero-order chi connectivity index (χ0) is 16.6. The maximum absolute atomic E-state index is 13.7. The number of methoxy groups -OCH3 is 1. The van der Waals surface area contributed by atoms with Crippen molar-refractivity contribution in [3.8, 4) is 17.1 Å². The lowest BCUT2D eigenvalue weighted by Crippen LogP contribution is -1.99. The molecule has 1 N–H and O–H groups in total. The minimum absolute atomic E-state index is 0.347. The summed E-state index contributed by atoms with van der Waals surface area (Å²) in [6.45, 7) is 1.93. The predicted molar refractivity (Wildman–Crippen MR) is 84.9 cm³/mol. The predicted octanol–water partition coefficient (Wildman–Crippen LogP) is 2.66. The zero-order valence-corrected chi connectivity index (χ0v) is 12.9. The van der Waals surface area contributed by atoms with Gasteiger partial charge in [-0.25, -0.2) is 14.4 Å². The number of anilines is 1. The molecule has 0 unspecified atom stereocenters. The Kier molecular flexibility index (Phi) is 3.69. The highest BCUT2D eigenvalue weighted by Gasteiger charge is 2.19. The summed E-state index contributed by atoms with van der Waals surface area (Å²) < 4.78 is 20.8. The Labute approximate surface area is 131 Å². The number of hydrogen-bond acceptors (Lipinski definition) is 4. The third-order valence-corrected chi connectivity index (χ3v) is 3.81. The fourth-order valence-electron chi connectivity index (χ4n) is 2.79. The molecule has 0 saturated heterocycles. The van der Waals surface area contributed by atoms with Gasteiger partial charge in [0.25, 0.3) is 0 Å². The number of amides is 1. The van der Waals surface area contributed by atoms with Gasteiger partial charge in [-0.3, -0.25) is 4.79 Å². The van der Waals surface area contributed by atoms with Crippen molar-refractivity contribution < 1.29 is 13.9 Å². The molecule has 7 heteroatoms. The van der Waals surface area contributed by atoms with E-state index in [4.69, 9.17) is 4.74 Å². The molecule has 0 aliphatic heterocycles. The summed E-state index contributed by atoms with van der Waals surface area (Å²) in [5.41, 5.74) is 3.14. The van der Waals surface area contributed by atoms with Crippen molar-refractivity contribution in [3.63, 3.8) is 0 Å². The molecule has 118 valence electrons. The van der Waals surface area contributed by atoms with Crippen molar-refractivity contribution in [1.82, 2.24) is 14.5 Å². The first-order valence-corrected chi connectivity index (χ1v) is 6.92. The molecule has 3 aromatic heterocycles. The number of hydrogen-bond donors (Lipinski definition) is 1. The van der Waals surface area contributed by atoms with Crippen LogP contribution >= 0.6 is 0 Å². The van der Waals surface area contributed by atoms with Gasteiger partial charge in [0.2, 0.25) is 12.3 Å². The molecule has 3 heterocycles. The van der Waals surface area contributed by atoms with Crippen molar-refractivity contribution in [2.75, 3.05) is 12.4 Å². The lowest BCUT2D eigenvalue weighted by Gasteiger charge is -2.10. The second-order valence-corrected chi connectivity index (χ2v) is 5.09. The monoisotopic (exact) mass is 314 g/mol. The summed E-state index contributed by atoms with van der Waals surface area (Å²) in [5.74, 6) is 0.357. The second kappa shape index (κ2) is 5.68. The van der Waals surface area contributed by atoms with Gasteiger partial charge in [-0.2, -0.15) is 0 Å². The smallest absolute Gasteiger partial charge is 0.222 e. The van der Waals surface area contributed by atoms with Crippen LogP contribution in [0, 0.1) is 12.7 Å². The molecule has 0 aliphatic carbocycles. The summed E-state index contributed by atoms with van der Waals surface area (Å²) in [6.07, 6.45) is 3.37. The van der Waals surface area contributed by atoms with E-state index in [0.29, 0.717) is 23.7 Å². The Bertz CT molecular complexity index is 905. The molecule has 0 saturated carbocycles. The normalized spacial score (nSPS) is 10.8. The first kappa shape index (κ1) is 15.0. The van der Waals surface area contributed by atoms with Gasteiger partial charge in [0.1, 0.15) is 11.6 Å². The lowest BCUT2D eigenvalue weighted by molar-refractivity contribution is -0.105. The summed E-state index contributed by atoms with van der Waals surface area (Å²) >= 11 is 0. The van der Waals surface area contributed by atoms with Crippen LogP contribution in [0.3, 0.4) is 0 Å². The van der Waals surface area contributed by atoms with Crippen LogP contribution < -0.4 is 10.1 Å². The maximum Gasteiger partial charge on any atom is 0.222 e. The largest absolute Gasteiger partial charge is 0.481 e. The highest BCUT2D eigenvalue weighted by molar-refractivity contribution is 5.93. The average molecular weight is 314 g/mol. The van der Waals surface area contributed by atoms with Gasteiger partial charge in [-0.15, -0.1) is 0 Å².